The Bertz CT molecular complexity index is 388. The number of hydrogen-bond acceptors (Lipinski definition) is 3. The Kier molecular flexibility index (Phi) is 4.63. The normalized spacial score (nSPS) is 14.1. The van der Waals surface area contributed by atoms with Crippen molar-refractivity contribution in [3.63, 3.8) is 0 Å². The van der Waals surface area contributed by atoms with Gasteiger partial charge in [-0.15, -0.1) is 0 Å². The van der Waals surface area contributed by atoms with Gasteiger partial charge in [-0.25, -0.2) is 0 Å². The van der Waals surface area contributed by atoms with E-state index in [-0.39, 0.29) is 5.91 Å². The zero-order valence-electron chi connectivity index (χ0n) is 10.8. The topological polar surface area (TPSA) is 68.0 Å². The van der Waals surface area contributed by atoms with Crippen LogP contribution in [0.2, 0.25) is 0 Å². The number of amides is 1. The predicted molar refractivity (Wildman–Crippen MR) is 68.3 cm³/mol. The van der Waals surface area contributed by atoms with E-state index in [1.165, 1.54) is 0 Å². The van der Waals surface area contributed by atoms with Gasteiger partial charge < -0.3 is 11.1 Å². The van der Waals surface area contributed by atoms with Gasteiger partial charge in [0, 0.05) is 6.20 Å². The number of nitrogens with zero attached hydrogens (tertiary/aromatic N) is 1. The Balaban J connectivity index is 2.57. The Morgan fingerprint density at radius 1 is 1.59 bits per heavy atom. The van der Waals surface area contributed by atoms with E-state index in [0.717, 1.165) is 17.7 Å². The number of hydrogen-bond donors (Lipinski definition) is 2. The van der Waals surface area contributed by atoms with E-state index in [9.17, 15) is 4.79 Å². The molecule has 0 radical (unpaired) electrons. The molecule has 1 unspecified atom stereocenters. The van der Waals surface area contributed by atoms with Crippen molar-refractivity contribution in [1.82, 2.24) is 10.3 Å². The van der Waals surface area contributed by atoms with E-state index in [1.54, 1.807) is 13.1 Å². The summed E-state index contributed by atoms with van der Waals surface area (Å²) in [5.41, 5.74) is 7.10. The summed E-state index contributed by atoms with van der Waals surface area (Å²) in [6.45, 7) is 6.18. The molecule has 17 heavy (non-hydrogen) atoms. The SMILES string of the molecule is CCCC(C)(N)C(=O)NCc1ncccc1C. The zero-order chi connectivity index (χ0) is 12.9. The van der Waals surface area contributed by atoms with Gasteiger partial charge in [-0.3, -0.25) is 9.78 Å². The molecule has 1 atom stereocenters. The summed E-state index contributed by atoms with van der Waals surface area (Å²) in [5, 5.41) is 2.84. The molecule has 0 aliphatic heterocycles. The number of rotatable bonds is 5. The zero-order valence-corrected chi connectivity index (χ0v) is 10.8. The summed E-state index contributed by atoms with van der Waals surface area (Å²) >= 11 is 0. The molecule has 1 aromatic heterocycles. The van der Waals surface area contributed by atoms with Crippen molar-refractivity contribution < 1.29 is 4.79 Å². The first-order valence-electron chi connectivity index (χ1n) is 5.95. The van der Waals surface area contributed by atoms with Gasteiger partial charge in [0.15, 0.2) is 0 Å². The Morgan fingerprint density at radius 2 is 2.29 bits per heavy atom. The highest BCUT2D eigenvalue weighted by atomic mass is 16.2. The largest absolute Gasteiger partial charge is 0.349 e. The van der Waals surface area contributed by atoms with E-state index in [1.807, 2.05) is 26.0 Å². The van der Waals surface area contributed by atoms with Crippen LogP contribution in [0, 0.1) is 6.92 Å². The lowest BCUT2D eigenvalue weighted by Crippen LogP contribution is -2.51. The fraction of sp³-hybridized carbons (Fsp3) is 0.538. The first-order valence-corrected chi connectivity index (χ1v) is 5.95. The maximum absolute atomic E-state index is 11.9. The summed E-state index contributed by atoms with van der Waals surface area (Å²) in [7, 11) is 0. The van der Waals surface area contributed by atoms with E-state index >= 15 is 0 Å². The third kappa shape index (κ3) is 3.82. The average molecular weight is 235 g/mol. The molecule has 94 valence electrons. The summed E-state index contributed by atoms with van der Waals surface area (Å²) in [6, 6.07) is 3.85. The Morgan fingerprint density at radius 3 is 2.88 bits per heavy atom. The van der Waals surface area contributed by atoms with Gasteiger partial charge in [-0.1, -0.05) is 19.4 Å². The fourth-order valence-corrected chi connectivity index (χ4v) is 1.70. The van der Waals surface area contributed by atoms with E-state index < -0.39 is 5.54 Å². The molecule has 0 bridgehead atoms. The number of aromatic nitrogens is 1. The lowest BCUT2D eigenvalue weighted by molar-refractivity contribution is -0.126. The van der Waals surface area contributed by atoms with Crippen molar-refractivity contribution in [1.29, 1.82) is 0 Å². The van der Waals surface area contributed by atoms with Crippen LogP contribution in [0.4, 0.5) is 0 Å². The van der Waals surface area contributed by atoms with Crippen LogP contribution in [-0.2, 0) is 11.3 Å². The molecule has 0 spiro atoms. The fourth-order valence-electron chi connectivity index (χ4n) is 1.70. The monoisotopic (exact) mass is 235 g/mol. The summed E-state index contributed by atoms with van der Waals surface area (Å²) < 4.78 is 0. The number of nitrogens with one attached hydrogen (secondary N) is 1. The maximum atomic E-state index is 11.9. The van der Waals surface area contributed by atoms with Crippen molar-refractivity contribution in [2.24, 2.45) is 5.73 Å². The smallest absolute Gasteiger partial charge is 0.240 e. The van der Waals surface area contributed by atoms with Crippen LogP contribution in [0.1, 0.15) is 37.9 Å². The molecular formula is C13H21N3O. The van der Waals surface area contributed by atoms with Crippen LogP contribution in [0.5, 0.6) is 0 Å². The minimum absolute atomic E-state index is 0.121. The second-order valence-electron chi connectivity index (χ2n) is 4.62. The molecule has 1 heterocycles. The van der Waals surface area contributed by atoms with Crippen LogP contribution in [0.15, 0.2) is 18.3 Å². The van der Waals surface area contributed by atoms with E-state index in [0.29, 0.717) is 13.0 Å². The van der Waals surface area contributed by atoms with Gasteiger partial charge in [-0.05, 0) is 31.9 Å². The van der Waals surface area contributed by atoms with Gasteiger partial charge >= 0.3 is 0 Å². The molecule has 3 N–H and O–H groups in total. The molecule has 1 amide bonds. The second-order valence-corrected chi connectivity index (χ2v) is 4.62. The standard InChI is InChI=1S/C13H21N3O/c1-4-7-13(3,14)12(17)16-9-11-10(2)6-5-8-15-11/h5-6,8H,4,7,9,14H2,1-3H3,(H,16,17). The molecule has 0 fully saturated rings. The highest BCUT2D eigenvalue weighted by Gasteiger charge is 2.26. The minimum atomic E-state index is -0.794. The van der Waals surface area contributed by atoms with Crippen LogP contribution in [-0.4, -0.2) is 16.4 Å². The van der Waals surface area contributed by atoms with E-state index in [2.05, 4.69) is 10.3 Å². The van der Waals surface area contributed by atoms with Gasteiger partial charge in [-0.2, -0.15) is 0 Å². The van der Waals surface area contributed by atoms with Crippen molar-refractivity contribution >= 4 is 5.91 Å². The molecule has 0 aliphatic carbocycles. The molecular weight excluding hydrogens is 214 g/mol. The summed E-state index contributed by atoms with van der Waals surface area (Å²) in [6.07, 6.45) is 3.30. The van der Waals surface area contributed by atoms with Gasteiger partial charge in [0.05, 0.1) is 17.8 Å². The lowest BCUT2D eigenvalue weighted by Gasteiger charge is -2.22. The molecule has 4 nitrogen and oxygen atoms in total. The molecule has 0 aromatic carbocycles. The predicted octanol–water partition coefficient (Wildman–Crippen LogP) is 1.52. The molecule has 1 aromatic rings. The highest BCUT2D eigenvalue weighted by molar-refractivity contribution is 5.85. The van der Waals surface area contributed by atoms with Crippen LogP contribution >= 0.6 is 0 Å². The second kappa shape index (κ2) is 5.77. The number of carbonyl (C=O) groups is 1. The van der Waals surface area contributed by atoms with Crippen LogP contribution in [0.3, 0.4) is 0 Å². The maximum Gasteiger partial charge on any atom is 0.240 e. The molecule has 1 rings (SSSR count). The number of aryl methyl sites for hydroxylation is 1. The van der Waals surface area contributed by atoms with Crippen molar-refractivity contribution in [3.05, 3.63) is 29.6 Å². The third-order valence-corrected chi connectivity index (χ3v) is 2.82. The van der Waals surface area contributed by atoms with E-state index in [4.69, 9.17) is 5.73 Å². The number of pyridine rings is 1. The first-order chi connectivity index (χ1) is 7.97. The van der Waals surface area contributed by atoms with Crippen LogP contribution in [0.25, 0.3) is 0 Å². The molecule has 0 aliphatic rings. The van der Waals surface area contributed by atoms with Gasteiger partial charge in [0.1, 0.15) is 0 Å². The number of nitrogens with two attached hydrogens (primary N) is 1. The van der Waals surface area contributed by atoms with Gasteiger partial charge in [0.25, 0.3) is 0 Å². The van der Waals surface area contributed by atoms with Crippen molar-refractivity contribution in [2.45, 2.75) is 45.7 Å². The van der Waals surface area contributed by atoms with Crippen LogP contribution < -0.4 is 11.1 Å². The first kappa shape index (κ1) is 13.6. The third-order valence-electron chi connectivity index (χ3n) is 2.82. The molecule has 0 saturated heterocycles. The Hall–Kier alpha value is -1.42. The summed E-state index contributed by atoms with van der Waals surface area (Å²) in [5.74, 6) is -0.121. The summed E-state index contributed by atoms with van der Waals surface area (Å²) in [4.78, 5) is 16.1. The average Bonchev–Trinajstić information content (AvgIpc) is 2.27. The molecule has 4 heteroatoms. The molecule has 0 saturated carbocycles. The lowest BCUT2D eigenvalue weighted by atomic mass is 9.96. The Labute approximate surface area is 103 Å². The van der Waals surface area contributed by atoms with Gasteiger partial charge in [0.2, 0.25) is 5.91 Å². The minimum Gasteiger partial charge on any atom is -0.349 e. The highest BCUT2D eigenvalue weighted by Crippen LogP contribution is 2.09. The van der Waals surface area contributed by atoms with Crippen molar-refractivity contribution in [2.75, 3.05) is 0 Å². The number of carbonyl (C=O) groups excluding carboxylic acids is 1. The van der Waals surface area contributed by atoms with Crippen molar-refractivity contribution in [3.8, 4) is 0 Å². The quantitative estimate of drug-likeness (QED) is 0.813.